The molecule has 0 amide bonds. The minimum Gasteiger partial charge on any atom is -0.497 e. The lowest BCUT2D eigenvalue weighted by atomic mass is 9.77. The Morgan fingerprint density at radius 1 is 0.567 bits per heavy atom. The van der Waals surface area contributed by atoms with E-state index in [4.69, 9.17) is 14.2 Å². The number of carboxylic acids is 1. The molecule has 0 heterocycles. The number of aryl methyl sites for hydroxylation is 1. The van der Waals surface area contributed by atoms with Crippen LogP contribution in [-0.4, -0.2) is 38.4 Å². The Hall–Kier alpha value is -6.54. The van der Waals surface area contributed by atoms with Gasteiger partial charge in [-0.15, -0.1) is 0 Å². The van der Waals surface area contributed by atoms with Crippen molar-refractivity contribution in [2.24, 2.45) is 11.8 Å². The van der Waals surface area contributed by atoms with E-state index in [0.29, 0.717) is 6.42 Å². The fraction of sp³-hybridized carbons (Fsp3) is 0.269. The van der Waals surface area contributed by atoms with E-state index < -0.39 is 23.8 Å². The first-order chi connectivity index (χ1) is 27.1. The number of esters is 1. The van der Waals surface area contributed by atoms with E-state index in [1.54, 1.807) is 21.1 Å². The topological polar surface area (TPSA) is 88.5 Å². The molecule has 60 heavy (non-hydrogen) atoms. The average Bonchev–Trinajstić information content (AvgIpc) is 3.23. The van der Waals surface area contributed by atoms with Crippen LogP contribution in [0.15, 0.2) is 146 Å². The maximum Gasteiger partial charge on any atom is 0.309 e. The van der Waals surface area contributed by atoms with Crippen molar-refractivity contribution in [1.29, 1.82) is 0 Å². The number of anilines is 6. The highest BCUT2D eigenvalue weighted by Crippen LogP contribution is 2.41. The van der Waals surface area contributed by atoms with Gasteiger partial charge in [0, 0.05) is 34.1 Å². The molecule has 0 fully saturated rings. The van der Waals surface area contributed by atoms with Gasteiger partial charge < -0.3 is 29.1 Å². The standard InChI is InChI=1S/C48H48N2O6.4CH4/c1-7-45(46(47(51)52)33(3)48(53)56-6)36-15-21-38(22-16-36)49(40-23-27-43(54-4)28-24-40)37-17-11-34(12-18-37)35-13-19-39(20-14-35)50(42-10-8-9-32(2)31-42)41-25-29-44(55-5)30-26-41;;;;/h8-31,33,45-46H,7H2,1-6H3,(H,51,52);4*1H4. The monoisotopic (exact) mass is 812 g/mol. The third-order valence-electron chi connectivity index (χ3n) is 10.4. The van der Waals surface area contributed by atoms with E-state index in [1.807, 2.05) is 67.6 Å². The third kappa shape index (κ3) is 10.9. The maximum atomic E-state index is 12.4. The second-order valence-corrected chi connectivity index (χ2v) is 13.8. The van der Waals surface area contributed by atoms with Gasteiger partial charge in [-0.3, -0.25) is 9.59 Å². The van der Waals surface area contributed by atoms with Crippen LogP contribution in [0.3, 0.4) is 0 Å². The first-order valence-corrected chi connectivity index (χ1v) is 18.7. The van der Waals surface area contributed by atoms with E-state index in [9.17, 15) is 14.7 Å². The summed E-state index contributed by atoms with van der Waals surface area (Å²) >= 11 is 0. The second kappa shape index (κ2) is 22.6. The van der Waals surface area contributed by atoms with Crippen molar-refractivity contribution in [1.82, 2.24) is 0 Å². The van der Waals surface area contributed by atoms with Crippen molar-refractivity contribution < 1.29 is 28.9 Å². The van der Waals surface area contributed by atoms with E-state index in [2.05, 4.69) is 102 Å². The van der Waals surface area contributed by atoms with Gasteiger partial charge >= 0.3 is 11.9 Å². The van der Waals surface area contributed by atoms with Crippen LogP contribution in [0.5, 0.6) is 11.5 Å². The zero-order chi connectivity index (χ0) is 39.8. The number of carbonyl (C=O) groups is 2. The number of aliphatic carboxylic acids is 1. The van der Waals surface area contributed by atoms with Gasteiger partial charge in [-0.05, 0) is 139 Å². The molecular weight excluding hydrogens is 749 g/mol. The minimum absolute atomic E-state index is 0. The smallest absolute Gasteiger partial charge is 0.309 e. The van der Waals surface area contributed by atoms with Crippen LogP contribution in [0.2, 0.25) is 0 Å². The van der Waals surface area contributed by atoms with E-state index in [0.717, 1.165) is 62.3 Å². The number of benzene rings is 6. The maximum absolute atomic E-state index is 12.4. The quantitative estimate of drug-likeness (QED) is 0.103. The lowest BCUT2D eigenvalue weighted by Gasteiger charge is -2.29. The molecule has 6 aromatic carbocycles. The summed E-state index contributed by atoms with van der Waals surface area (Å²) in [5, 5.41) is 10.2. The summed E-state index contributed by atoms with van der Waals surface area (Å²) in [7, 11) is 4.60. The predicted molar refractivity (Wildman–Crippen MR) is 251 cm³/mol. The SMILES string of the molecule is C.C.C.C.CCC(c1ccc(N(c2ccc(OC)cc2)c2ccc(-c3ccc(N(c4ccc(OC)cc4)c4cccc(C)c4)cc3)cc2)cc1)C(C(=O)O)C(C)C(=O)OC. The molecule has 8 nitrogen and oxygen atoms in total. The Morgan fingerprint density at radius 3 is 1.30 bits per heavy atom. The van der Waals surface area contributed by atoms with E-state index >= 15 is 0 Å². The molecule has 0 bridgehead atoms. The van der Waals surface area contributed by atoms with E-state index in [1.165, 1.54) is 12.7 Å². The van der Waals surface area contributed by atoms with Crippen molar-refractivity contribution in [3.63, 3.8) is 0 Å². The van der Waals surface area contributed by atoms with Gasteiger partial charge in [0.25, 0.3) is 0 Å². The zero-order valence-corrected chi connectivity index (χ0v) is 32.7. The molecule has 0 radical (unpaired) electrons. The number of methoxy groups -OCH3 is 3. The van der Waals surface area contributed by atoms with Crippen molar-refractivity contribution in [2.75, 3.05) is 31.1 Å². The fourth-order valence-corrected chi connectivity index (χ4v) is 7.36. The number of nitrogens with zero attached hydrogens (tertiary/aromatic N) is 2. The highest BCUT2D eigenvalue weighted by Gasteiger charge is 2.37. The molecule has 6 rings (SSSR count). The molecule has 3 atom stereocenters. The normalized spacial score (nSPS) is 11.7. The largest absolute Gasteiger partial charge is 0.497 e. The molecule has 318 valence electrons. The Bertz CT molecular complexity index is 2220. The molecule has 8 heteroatoms. The van der Waals surface area contributed by atoms with Gasteiger partial charge in [-0.2, -0.15) is 0 Å². The van der Waals surface area contributed by atoms with Crippen LogP contribution in [0.1, 0.15) is 67.0 Å². The van der Waals surface area contributed by atoms with Crippen molar-refractivity contribution in [3.8, 4) is 22.6 Å². The van der Waals surface area contributed by atoms with E-state index in [-0.39, 0.29) is 35.6 Å². The van der Waals surface area contributed by atoms with Crippen LogP contribution >= 0.6 is 0 Å². The van der Waals surface area contributed by atoms with Gasteiger partial charge in [-0.1, -0.05) is 92.1 Å². The number of hydrogen-bond acceptors (Lipinski definition) is 7. The molecule has 0 aliphatic carbocycles. The molecule has 0 aliphatic rings. The summed E-state index contributed by atoms with van der Waals surface area (Å²) in [4.78, 5) is 29.2. The number of hydrogen-bond donors (Lipinski definition) is 1. The first-order valence-electron chi connectivity index (χ1n) is 18.7. The number of carbonyl (C=O) groups excluding carboxylic acids is 1. The molecule has 0 saturated heterocycles. The number of carboxylic acid groups (broad SMARTS) is 1. The highest BCUT2D eigenvalue weighted by molar-refractivity contribution is 5.83. The molecule has 0 aromatic heterocycles. The summed E-state index contributed by atoms with van der Waals surface area (Å²) < 4.78 is 15.8. The number of rotatable bonds is 15. The van der Waals surface area contributed by atoms with Crippen molar-refractivity contribution in [3.05, 3.63) is 157 Å². The summed E-state index contributed by atoms with van der Waals surface area (Å²) in [5.41, 5.74) is 10.1. The molecule has 0 aliphatic heterocycles. The summed E-state index contributed by atoms with van der Waals surface area (Å²) in [5.74, 6) is -2.10. The minimum atomic E-state index is -1.02. The Kier molecular flexibility index (Phi) is 18.7. The average molecular weight is 813 g/mol. The van der Waals surface area contributed by atoms with Crippen LogP contribution in [0.25, 0.3) is 11.1 Å². The summed E-state index contributed by atoms with van der Waals surface area (Å²) in [6.07, 6.45) is 0.549. The molecule has 6 aromatic rings. The first kappa shape index (κ1) is 49.6. The van der Waals surface area contributed by atoms with Gasteiger partial charge in [0.05, 0.1) is 33.2 Å². The van der Waals surface area contributed by atoms with Gasteiger partial charge in [0.15, 0.2) is 0 Å². The number of ether oxygens (including phenoxy) is 3. The molecule has 1 N–H and O–H groups in total. The van der Waals surface area contributed by atoms with Crippen LogP contribution in [0, 0.1) is 18.8 Å². The van der Waals surface area contributed by atoms with Crippen molar-refractivity contribution in [2.45, 2.75) is 62.8 Å². The van der Waals surface area contributed by atoms with Gasteiger partial charge in [0.1, 0.15) is 11.5 Å². The lowest BCUT2D eigenvalue weighted by Crippen LogP contribution is -2.33. The summed E-state index contributed by atoms with van der Waals surface area (Å²) in [6, 6.07) is 49.4. The molecular formula is C52H64N2O6. The predicted octanol–water partition coefficient (Wildman–Crippen LogP) is 14.2. The fourth-order valence-electron chi connectivity index (χ4n) is 7.36. The lowest BCUT2D eigenvalue weighted by molar-refractivity contribution is -0.156. The van der Waals surface area contributed by atoms with Crippen LogP contribution in [-0.2, 0) is 14.3 Å². The van der Waals surface area contributed by atoms with Gasteiger partial charge in [0.2, 0.25) is 0 Å². The Morgan fingerprint density at radius 2 is 0.950 bits per heavy atom. The van der Waals surface area contributed by atoms with Crippen LogP contribution < -0.4 is 19.3 Å². The Balaban J connectivity index is 0.00000310. The summed E-state index contributed by atoms with van der Waals surface area (Å²) in [6.45, 7) is 5.66. The van der Waals surface area contributed by atoms with Crippen LogP contribution in [0.4, 0.5) is 34.1 Å². The highest BCUT2D eigenvalue weighted by atomic mass is 16.5. The Labute approximate surface area is 359 Å². The third-order valence-corrected chi connectivity index (χ3v) is 10.4. The molecule has 0 saturated carbocycles. The zero-order valence-electron chi connectivity index (χ0n) is 32.7. The van der Waals surface area contributed by atoms with Gasteiger partial charge in [-0.25, -0.2) is 0 Å². The second-order valence-electron chi connectivity index (χ2n) is 13.8. The molecule has 3 unspecified atom stereocenters. The molecule has 0 spiro atoms. The van der Waals surface area contributed by atoms with Crippen molar-refractivity contribution >= 4 is 46.1 Å².